The Bertz CT molecular complexity index is 36.5. The van der Waals surface area contributed by atoms with Crippen LogP contribution in [0.4, 0.5) is 0 Å². The van der Waals surface area contributed by atoms with Crippen LogP contribution in [0, 0.1) is 0 Å². The van der Waals surface area contributed by atoms with E-state index >= 15 is 0 Å². The zero-order valence-corrected chi connectivity index (χ0v) is 4.91. The minimum atomic E-state index is -0.656. The molecule has 0 radical (unpaired) electrons. The van der Waals surface area contributed by atoms with Gasteiger partial charge in [0, 0.05) is 0 Å². The van der Waals surface area contributed by atoms with Gasteiger partial charge in [-0.15, -0.1) is 3.22 Å². The molecule has 1 N–H and O–H groups in total. The molecule has 0 aliphatic heterocycles. The standard InChI is InChI=1S/CH3IO4/c1-2-4-6-5-3/h3H,1H2. The largest absolute Gasteiger partial charge is 0.219 e. The van der Waals surface area contributed by atoms with Gasteiger partial charge in [0.25, 0.3) is 0 Å². The Hall–Kier alpha value is 0.440. The van der Waals surface area contributed by atoms with Gasteiger partial charge in [0.1, 0.15) is 0 Å². The molecule has 0 bridgehead atoms. The van der Waals surface area contributed by atoms with Crippen molar-refractivity contribution in [2.75, 3.05) is 0 Å². The van der Waals surface area contributed by atoms with Gasteiger partial charge in [-0.25, -0.2) is 5.26 Å². The molecule has 5 heteroatoms. The highest BCUT2D eigenvalue weighted by atomic mass is 127. The topological polar surface area (TPSA) is 47.9 Å². The van der Waals surface area contributed by atoms with Crippen molar-refractivity contribution in [3.63, 3.8) is 0 Å². The average Bonchev–Trinajstić information content (AvgIpc) is 1.61. The van der Waals surface area contributed by atoms with Crippen LogP contribution in [0.5, 0.6) is 0 Å². The summed E-state index contributed by atoms with van der Waals surface area (Å²) in [6, 6.07) is 0. The molecule has 0 aliphatic carbocycles. The highest BCUT2D eigenvalue weighted by Crippen LogP contribution is 1.92. The van der Waals surface area contributed by atoms with E-state index in [0.29, 0.717) is 0 Å². The van der Waals surface area contributed by atoms with E-state index in [4.69, 9.17) is 5.26 Å². The van der Waals surface area contributed by atoms with Crippen molar-refractivity contribution in [1.82, 2.24) is 0 Å². The molecule has 0 aliphatic rings. The van der Waals surface area contributed by atoms with E-state index in [0.717, 1.165) is 0 Å². The first-order valence-electron chi connectivity index (χ1n) is 0.937. The molecule has 6 heavy (non-hydrogen) atoms. The zero-order valence-electron chi connectivity index (χ0n) is 2.76. The van der Waals surface area contributed by atoms with Crippen molar-refractivity contribution in [3.8, 4) is 0 Å². The molecule has 4 nitrogen and oxygen atoms in total. The molecular weight excluding hydrogens is 203 g/mol. The van der Waals surface area contributed by atoms with Gasteiger partial charge in [0.2, 0.25) is 0 Å². The molecule has 0 aromatic carbocycles. The van der Waals surface area contributed by atoms with Gasteiger partial charge in [-0.1, -0.05) is 0 Å². The fourth-order valence-corrected chi connectivity index (χ4v) is 0.199. The summed E-state index contributed by atoms with van der Waals surface area (Å²) in [6.45, 7) is 0. The van der Waals surface area contributed by atoms with Crippen LogP contribution >= 0.6 is 21.1 Å². The Labute approximate surface area is 44.7 Å². The molecule has 0 heterocycles. The van der Waals surface area contributed by atoms with Crippen LogP contribution in [0.15, 0.2) is 0 Å². The minimum absolute atomic E-state index is 0.656. The maximum absolute atomic E-state index is 7.34. The minimum Gasteiger partial charge on any atom is -0.219 e. The second kappa shape index (κ2) is 5.44. The van der Waals surface area contributed by atoms with Gasteiger partial charge in [-0.3, -0.25) is 0 Å². The first-order valence-corrected chi connectivity index (χ1v) is 3.34. The van der Waals surface area contributed by atoms with Crippen LogP contribution < -0.4 is 0 Å². The Morgan fingerprint density at radius 1 is 1.67 bits per heavy atom. The third-order valence-electron chi connectivity index (χ3n) is 0.101. The second-order valence-electron chi connectivity index (χ2n) is 0.315. The summed E-state index contributed by atoms with van der Waals surface area (Å²) < 4.78 is 7.30. The maximum Gasteiger partial charge on any atom is 0.0822 e. The van der Waals surface area contributed by atoms with E-state index in [9.17, 15) is 0 Å². The van der Waals surface area contributed by atoms with E-state index in [-0.39, 0.29) is 0 Å². The summed E-state index contributed by atoms with van der Waals surface area (Å²) in [4.78, 5) is 0. The maximum atomic E-state index is 7.34. The van der Waals surface area contributed by atoms with E-state index in [1.54, 1.807) is 0 Å². The first-order chi connectivity index (χ1) is 2.91. The first kappa shape index (κ1) is 6.44. The lowest BCUT2D eigenvalue weighted by Gasteiger charge is -1.82. The third-order valence-corrected chi connectivity index (χ3v) is 0.502. The summed E-state index contributed by atoms with van der Waals surface area (Å²) in [7, 11) is 0. The predicted octanol–water partition coefficient (Wildman–Crippen LogP) is 0.657. The lowest BCUT2D eigenvalue weighted by atomic mass is 12.0. The highest BCUT2D eigenvalue weighted by molar-refractivity contribution is 14.2. The number of hydrogen-bond donors (Lipinski definition) is 1. The van der Waals surface area contributed by atoms with Crippen molar-refractivity contribution >= 4 is 25.7 Å². The van der Waals surface area contributed by atoms with Crippen LogP contribution in [0.3, 0.4) is 0 Å². The monoisotopic (exact) mass is 206 g/mol. The summed E-state index contributed by atoms with van der Waals surface area (Å²) in [5, 5.41) is 13.9. The quantitative estimate of drug-likeness (QED) is 0.319. The molecule has 38 valence electrons. The number of rotatable bonds is 3. The van der Waals surface area contributed by atoms with E-state index in [1.807, 2.05) is 0 Å². The van der Waals surface area contributed by atoms with E-state index < -0.39 is 21.1 Å². The molecule has 0 aromatic rings. The zero-order chi connectivity index (χ0) is 4.83. The smallest absolute Gasteiger partial charge is 0.0822 e. The van der Waals surface area contributed by atoms with Gasteiger partial charge in [-0.2, -0.15) is 0 Å². The molecule has 0 atom stereocenters. The summed E-state index contributed by atoms with van der Waals surface area (Å²) in [6.07, 6.45) is 0. The summed E-state index contributed by atoms with van der Waals surface area (Å²) >= 11 is -0.656. The Morgan fingerprint density at radius 3 is 2.50 bits per heavy atom. The SMILES string of the molecule is C=IOOOO. The fourth-order valence-electron chi connectivity index (χ4n) is 0.0297. The lowest BCUT2D eigenvalue weighted by molar-refractivity contribution is -0.583. The van der Waals surface area contributed by atoms with Gasteiger partial charge >= 0.3 is 0 Å². The summed E-state index contributed by atoms with van der Waals surface area (Å²) in [5.74, 6) is 0. The molecular formula is CH3IO4. The Balaban J connectivity index is 2.49. The van der Waals surface area contributed by atoms with Crippen LogP contribution in [0.2, 0.25) is 0 Å². The molecule has 0 saturated carbocycles. The third kappa shape index (κ3) is 4.44. The normalized spacial score (nSPS) is 8.83. The Morgan fingerprint density at radius 2 is 2.33 bits per heavy atom. The molecule has 0 saturated heterocycles. The van der Waals surface area contributed by atoms with Gasteiger partial charge in [0.15, 0.2) is 0 Å². The predicted molar refractivity (Wildman–Crippen MR) is 27.0 cm³/mol. The van der Waals surface area contributed by atoms with Crippen molar-refractivity contribution < 1.29 is 18.6 Å². The molecule has 0 amide bonds. The molecule has 0 unspecified atom stereocenters. The van der Waals surface area contributed by atoms with E-state index in [1.165, 1.54) is 0 Å². The van der Waals surface area contributed by atoms with Crippen LogP contribution in [-0.2, 0) is 13.3 Å². The van der Waals surface area contributed by atoms with Crippen molar-refractivity contribution in [2.24, 2.45) is 0 Å². The number of halogens is 1. The molecule has 0 spiro atoms. The van der Waals surface area contributed by atoms with Crippen molar-refractivity contribution in [1.29, 1.82) is 0 Å². The van der Waals surface area contributed by atoms with Gasteiger partial charge < -0.3 is 0 Å². The molecule has 0 rings (SSSR count). The molecule has 0 aromatic heterocycles. The van der Waals surface area contributed by atoms with Crippen LogP contribution in [0.25, 0.3) is 0 Å². The molecule has 0 fully saturated rings. The average molecular weight is 206 g/mol. The van der Waals surface area contributed by atoms with Gasteiger partial charge in [-0.05, 0) is 14.6 Å². The Kier molecular flexibility index (Phi) is 5.84. The summed E-state index contributed by atoms with van der Waals surface area (Å²) in [5.41, 5.74) is 0. The lowest BCUT2D eigenvalue weighted by Crippen LogP contribution is -1.79. The van der Waals surface area contributed by atoms with Crippen LogP contribution in [0.1, 0.15) is 0 Å². The van der Waals surface area contributed by atoms with Crippen molar-refractivity contribution in [3.05, 3.63) is 0 Å². The fraction of sp³-hybridized carbons (Fsp3) is 0. The highest BCUT2D eigenvalue weighted by Gasteiger charge is 1.71. The van der Waals surface area contributed by atoms with E-state index in [2.05, 4.69) is 17.8 Å². The van der Waals surface area contributed by atoms with Crippen molar-refractivity contribution in [2.45, 2.75) is 0 Å². The van der Waals surface area contributed by atoms with Gasteiger partial charge in [0.05, 0.1) is 21.1 Å². The second-order valence-corrected chi connectivity index (χ2v) is 1.30. The number of hydrogen-bond acceptors (Lipinski definition) is 4. The van der Waals surface area contributed by atoms with Crippen LogP contribution in [-0.4, -0.2) is 9.77 Å².